The second kappa shape index (κ2) is 9.71. The number of rotatable bonds is 5. The van der Waals surface area contributed by atoms with Gasteiger partial charge in [0.2, 0.25) is 5.71 Å². The molecule has 0 aliphatic carbocycles. The minimum atomic E-state index is -0.851. The van der Waals surface area contributed by atoms with Gasteiger partial charge < -0.3 is 9.47 Å². The lowest BCUT2D eigenvalue weighted by Crippen LogP contribution is -2.42. The first-order valence-electron chi connectivity index (χ1n) is 7.13. The van der Waals surface area contributed by atoms with Crippen LogP contribution in [0.15, 0.2) is 11.2 Å². The Morgan fingerprint density at radius 2 is 1.96 bits per heavy atom. The van der Waals surface area contributed by atoms with Gasteiger partial charge in [-0.1, -0.05) is 11.6 Å². The molecule has 1 aromatic rings. The monoisotopic (exact) mass is 378 g/mol. The van der Waals surface area contributed by atoms with Crippen molar-refractivity contribution in [2.45, 2.75) is 13.8 Å². The number of nitrogens with zero attached hydrogens (tertiary/aromatic N) is 3. The lowest BCUT2D eigenvalue weighted by molar-refractivity contribution is 0.0912. The molecule has 0 bridgehead atoms. The van der Waals surface area contributed by atoms with Crippen LogP contribution in [0.5, 0.6) is 5.75 Å². The summed E-state index contributed by atoms with van der Waals surface area (Å²) < 4.78 is 9.80. The van der Waals surface area contributed by atoms with Crippen LogP contribution in [-0.4, -0.2) is 31.4 Å². The molecule has 10 nitrogen and oxygen atoms in total. The number of nitriles is 2. The Labute approximate surface area is 154 Å². The van der Waals surface area contributed by atoms with E-state index in [4.69, 9.17) is 26.9 Å². The molecule has 26 heavy (non-hydrogen) atoms. The van der Waals surface area contributed by atoms with E-state index in [1.807, 2.05) is 0 Å². The van der Waals surface area contributed by atoms with Crippen LogP contribution < -0.4 is 21.0 Å². The highest BCUT2D eigenvalue weighted by molar-refractivity contribution is 6.32. The molecule has 0 radical (unpaired) electrons. The Kier molecular flexibility index (Phi) is 7.67. The zero-order valence-corrected chi connectivity index (χ0v) is 14.9. The largest absolute Gasteiger partial charge is 0.494 e. The molecule has 0 heterocycles. The average Bonchev–Trinajstić information content (AvgIpc) is 2.63. The number of carbonyl (C=O) groups is 2. The molecule has 0 saturated heterocycles. The van der Waals surface area contributed by atoms with Crippen LogP contribution in [0.25, 0.3) is 0 Å². The predicted octanol–water partition coefficient (Wildman–Crippen LogP) is 1.86. The van der Waals surface area contributed by atoms with Crippen LogP contribution in [0.1, 0.15) is 22.8 Å². The maximum atomic E-state index is 12.5. The van der Waals surface area contributed by atoms with E-state index in [0.717, 1.165) is 0 Å². The predicted molar refractivity (Wildman–Crippen MR) is 92.6 cm³/mol. The van der Waals surface area contributed by atoms with Crippen LogP contribution in [0.3, 0.4) is 0 Å². The molecule has 0 aromatic heterocycles. The molecule has 0 aliphatic rings. The van der Waals surface area contributed by atoms with Gasteiger partial charge in [-0.15, -0.1) is 0 Å². The van der Waals surface area contributed by atoms with E-state index in [9.17, 15) is 9.59 Å². The molecule has 136 valence electrons. The van der Waals surface area contributed by atoms with Crippen molar-refractivity contribution in [1.29, 1.82) is 10.5 Å². The SMILES string of the molecule is CCOC(=O)NNC(=O)c1c(C)c(Cl)cc(OC)c1NN=C(C#N)C#N. The van der Waals surface area contributed by atoms with Crippen LogP contribution in [-0.2, 0) is 4.74 Å². The van der Waals surface area contributed by atoms with E-state index in [2.05, 4.69) is 26.1 Å². The van der Waals surface area contributed by atoms with Crippen molar-refractivity contribution in [2.24, 2.45) is 5.10 Å². The zero-order valence-electron chi connectivity index (χ0n) is 14.1. The van der Waals surface area contributed by atoms with Gasteiger partial charge in [-0.3, -0.25) is 15.6 Å². The van der Waals surface area contributed by atoms with Crippen molar-refractivity contribution in [3.63, 3.8) is 0 Å². The highest BCUT2D eigenvalue weighted by Crippen LogP contribution is 2.36. The lowest BCUT2D eigenvalue weighted by Gasteiger charge is -2.17. The molecule has 0 saturated carbocycles. The second-order valence-electron chi connectivity index (χ2n) is 4.53. The molecular formula is C15H15ClN6O4. The number of amides is 2. The number of anilines is 1. The minimum Gasteiger partial charge on any atom is -0.494 e. The Bertz CT molecular complexity index is 809. The summed E-state index contributed by atoms with van der Waals surface area (Å²) in [7, 11) is 1.34. The standard InChI is InChI=1S/C15H15ClN6O4/c1-4-26-15(24)22-21-14(23)12-8(2)10(16)5-11(25-3)13(12)20-19-9(6-17)7-18/h5,20H,4H2,1-3H3,(H,21,23)(H,22,24). The third kappa shape index (κ3) is 5.00. The van der Waals surface area contributed by atoms with E-state index in [-0.39, 0.29) is 28.6 Å². The molecule has 2 amide bonds. The van der Waals surface area contributed by atoms with Gasteiger partial charge in [0.15, 0.2) is 0 Å². The second-order valence-corrected chi connectivity index (χ2v) is 4.94. The first-order valence-corrected chi connectivity index (χ1v) is 7.51. The minimum absolute atomic E-state index is 0.00914. The smallest absolute Gasteiger partial charge is 0.426 e. The van der Waals surface area contributed by atoms with Gasteiger partial charge >= 0.3 is 6.09 Å². The van der Waals surface area contributed by atoms with E-state index in [1.165, 1.54) is 13.2 Å². The molecule has 3 N–H and O–H groups in total. The van der Waals surface area contributed by atoms with Crippen molar-refractivity contribution in [2.75, 3.05) is 19.1 Å². The summed E-state index contributed by atoms with van der Waals surface area (Å²) in [6.07, 6.45) is -0.851. The average molecular weight is 379 g/mol. The van der Waals surface area contributed by atoms with Gasteiger partial charge in [0, 0.05) is 11.1 Å². The first-order chi connectivity index (χ1) is 12.4. The van der Waals surface area contributed by atoms with E-state index >= 15 is 0 Å². The molecule has 0 fully saturated rings. The number of hydrazone groups is 1. The summed E-state index contributed by atoms with van der Waals surface area (Å²) >= 11 is 6.10. The molecule has 0 aliphatic heterocycles. The van der Waals surface area contributed by atoms with E-state index in [1.54, 1.807) is 26.0 Å². The summed E-state index contributed by atoms with van der Waals surface area (Å²) in [4.78, 5) is 23.8. The molecule has 0 unspecified atom stereocenters. The Morgan fingerprint density at radius 3 is 2.50 bits per heavy atom. The molecule has 0 spiro atoms. The van der Waals surface area contributed by atoms with Crippen LogP contribution >= 0.6 is 11.6 Å². The number of methoxy groups -OCH3 is 1. The van der Waals surface area contributed by atoms with Crippen LogP contribution in [0.2, 0.25) is 5.02 Å². The third-order valence-corrected chi connectivity index (χ3v) is 3.37. The Morgan fingerprint density at radius 1 is 1.31 bits per heavy atom. The summed E-state index contributed by atoms with van der Waals surface area (Å²) in [5.74, 6) is -0.606. The van der Waals surface area contributed by atoms with Gasteiger partial charge in [-0.25, -0.2) is 10.2 Å². The fourth-order valence-corrected chi connectivity index (χ4v) is 2.00. The van der Waals surface area contributed by atoms with Gasteiger partial charge in [0.25, 0.3) is 5.91 Å². The fraction of sp³-hybridized carbons (Fsp3) is 0.267. The maximum Gasteiger partial charge on any atom is 0.426 e. The third-order valence-electron chi connectivity index (χ3n) is 2.98. The summed E-state index contributed by atoms with van der Waals surface area (Å²) in [5, 5.41) is 21.4. The van der Waals surface area contributed by atoms with Crippen molar-refractivity contribution < 1.29 is 19.1 Å². The fourth-order valence-electron chi connectivity index (χ4n) is 1.81. The zero-order chi connectivity index (χ0) is 19.7. The number of halogens is 1. The number of hydrogen-bond donors (Lipinski definition) is 3. The normalized spacial score (nSPS) is 9.15. The molecule has 11 heteroatoms. The van der Waals surface area contributed by atoms with E-state index < -0.39 is 17.7 Å². The maximum absolute atomic E-state index is 12.5. The van der Waals surface area contributed by atoms with Crippen molar-refractivity contribution in [1.82, 2.24) is 10.9 Å². The first kappa shape index (κ1) is 20.5. The summed E-state index contributed by atoms with van der Waals surface area (Å²) in [6.45, 7) is 3.29. The number of hydrogen-bond acceptors (Lipinski definition) is 8. The Balaban J connectivity index is 3.31. The molecule has 1 aromatic carbocycles. The molecule has 1 rings (SSSR count). The van der Waals surface area contributed by atoms with E-state index in [0.29, 0.717) is 5.56 Å². The summed E-state index contributed by atoms with van der Waals surface area (Å²) in [6, 6.07) is 4.58. The quantitative estimate of drug-likeness (QED) is 0.522. The molecular weight excluding hydrogens is 364 g/mol. The Hall–Kier alpha value is -3.50. The van der Waals surface area contributed by atoms with Crippen molar-refractivity contribution in [3.05, 3.63) is 22.2 Å². The lowest BCUT2D eigenvalue weighted by atomic mass is 10.0. The van der Waals surface area contributed by atoms with Gasteiger partial charge in [-0.2, -0.15) is 15.6 Å². The van der Waals surface area contributed by atoms with Gasteiger partial charge in [0.05, 0.1) is 19.3 Å². The van der Waals surface area contributed by atoms with Crippen molar-refractivity contribution >= 4 is 35.0 Å². The van der Waals surface area contributed by atoms with Crippen LogP contribution in [0, 0.1) is 29.6 Å². The molecule has 0 atom stereocenters. The summed E-state index contributed by atoms with van der Waals surface area (Å²) in [5.41, 5.74) is 6.62. The highest BCUT2D eigenvalue weighted by Gasteiger charge is 2.22. The number of benzene rings is 1. The van der Waals surface area contributed by atoms with Gasteiger partial charge in [0.1, 0.15) is 23.6 Å². The number of ether oxygens (including phenoxy) is 2. The van der Waals surface area contributed by atoms with Gasteiger partial charge in [-0.05, 0) is 19.4 Å². The van der Waals surface area contributed by atoms with Crippen LogP contribution in [0.4, 0.5) is 10.5 Å². The number of carbonyl (C=O) groups excluding carboxylic acids is 2. The van der Waals surface area contributed by atoms with Crippen molar-refractivity contribution in [3.8, 4) is 17.9 Å². The number of hydrazine groups is 1. The highest BCUT2D eigenvalue weighted by atomic mass is 35.5. The number of nitrogens with one attached hydrogen (secondary N) is 3. The topological polar surface area (TPSA) is 149 Å².